The van der Waals surface area contributed by atoms with Crippen molar-refractivity contribution >= 4 is 11.9 Å². The van der Waals surface area contributed by atoms with Crippen LogP contribution in [0.5, 0.6) is 0 Å². The highest BCUT2D eigenvalue weighted by Gasteiger charge is 2.03. The van der Waals surface area contributed by atoms with Crippen molar-refractivity contribution < 1.29 is 9.53 Å². The molecule has 1 heterocycles. The summed E-state index contributed by atoms with van der Waals surface area (Å²) in [5, 5.41) is 14.6. The van der Waals surface area contributed by atoms with Crippen LogP contribution in [0.2, 0.25) is 0 Å². The lowest BCUT2D eigenvalue weighted by Gasteiger charge is -2.12. The first kappa shape index (κ1) is 21.9. The number of rotatable bonds is 13. The van der Waals surface area contributed by atoms with Gasteiger partial charge in [-0.3, -0.25) is 9.79 Å². The molecule has 0 aromatic carbocycles. The highest BCUT2D eigenvalue weighted by atomic mass is 16.5. The number of nitrogens with one attached hydrogen (secondary N) is 2. The van der Waals surface area contributed by atoms with Gasteiger partial charge in [0.25, 0.3) is 0 Å². The second-order valence-corrected chi connectivity index (χ2v) is 5.95. The van der Waals surface area contributed by atoms with Crippen LogP contribution in [0.25, 0.3) is 0 Å². The number of aliphatic imine (C=N–C) groups is 1. The summed E-state index contributed by atoms with van der Waals surface area (Å²) in [5.74, 6) is 1.74. The SMILES string of the molecule is CCNC(=NCCCCCCC(=O)OCC)NCCn1cnnc1CC. The molecule has 0 radical (unpaired) electrons. The molecule has 0 atom stereocenters. The van der Waals surface area contributed by atoms with Crippen LogP contribution in [0, 0.1) is 0 Å². The van der Waals surface area contributed by atoms with Crippen LogP contribution in [0.4, 0.5) is 0 Å². The standard InChI is InChI=1S/C18H34N6O2/c1-4-16-23-22-15-24(16)14-13-21-18(19-5-2)20-12-10-8-7-9-11-17(25)26-6-3/h15H,4-14H2,1-3H3,(H2,19,20,21). The summed E-state index contributed by atoms with van der Waals surface area (Å²) in [6, 6.07) is 0. The maximum Gasteiger partial charge on any atom is 0.305 e. The Morgan fingerprint density at radius 2 is 2.00 bits per heavy atom. The van der Waals surface area contributed by atoms with Crippen molar-refractivity contribution in [2.45, 2.75) is 65.8 Å². The molecule has 0 spiro atoms. The van der Waals surface area contributed by atoms with Crippen LogP contribution in [0.3, 0.4) is 0 Å². The molecule has 0 amide bonds. The van der Waals surface area contributed by atoms with Crippen LogP contribution in [-0.4, -0.2) is 52.9 Å². The summed E-state index contributed by atoms with van der Waals surface area (Å²) < 4.78 is 6.98. The van der Waals surface area contributed by atoms with Crippen molar-refractivity contribution in [2.24, 2.45) is 4.99 Å². The summed E-state index contributed by atoms with van der Waals surface area (Å²) >= 11 is 0. The molecule has 0 bridgehead atoms. The van der Waals surface area contributed by atoms with Gasteiger partial charge in [0.1, 0.15) is 12.2 Å². The molecule has 1 aromatic rings. The molecular formula is C18H34N6O2. The van der Waals surface area contributed by atoms with Crippen LogP contribution < -0.4 is 10.6 Å². The van der Waals surface area contributed by atoms with Crippen molar-refractivity contribution in [3.63, 3.8) is 0 Å². The summed E-state index contributed by atoms with van der Waals surface area (Å²) in [6.07, 6.45) is 7.17. The molecule has 2 N–H and O–H groups in total. The second-order valence-electron chi connectivity index (χ2n) is 5.95. The molecule has 148 valence electrons. The summed E-state index contributed by atoms with van der Waals surface area (Å²) in [4.78, 5) is 15.8. The smallest absolute Gasteiger partial charge is 0.305 e. The molecule has 0 aliphatic carbocycles. The van der Waals surface area contributed by atoms with Crippen LogP contribution >= 0.6 is 0 Å². The average molecular weight is 367 g/mol. The first-order valence-electron chi connectivity index (χ1n) is 9.75. The number of guanidine groups is 1. The number of ether oxygens (including phenoxy) is 1. The molecule has 0 aliphatic rings. The molecule has 0 saturated heterocycles. The Morgan fingerprint density at radius 3 is 2.73 bits per heavy atom. The van der Waals surface area contributed by atoms with E-state index in [-0.39, 0.29) is 5.97 Å². The number of carbonyl (C=O) groups is 1. The molecule has 0 unspecified atom stereocenters. The molecule has 1 rings (SSSR count). The van der Waals surface area contributed by atoms with Gasteiger partial charge in [0, 0.05) is 39.0 Å². The topological polar surface area (TPSA) is 93.4 Å². The number of aromatic nitrogens is 3. The van der Waals surface area contributed by atoms with Crippen molar-refractivity contribution in [3.8, 4) is 0 Å². The first-order chi connectivity index (χ1) is 12.7. The fraction of sp³-hybridized carbons (Fsp3) is 0.778. The van der Waals surface area contributed by atoms with Gasteiger partial charge in [-0.15, -0.1) is 10.2 Å². The Kier molecular flexibility index (Phi) is 11.9. The van der Waals surface area contributed by atoms with Gasteiger partial charge in [0.15, 0.2) is 5.96 Å². The molecule has 26 heavy (non-hydrogen) atoms. The maximum absolute atomic E-state index is 11.2. The lowest BCUT2D eigenvalue weighted by molar-refractivity contribution is -0.143. The molecule has 8 nitrogen and oxygen atoms in total. The zero-order chi connectivity index (χ0) is 19.0. The number of hydrogen-bond acceptors (Lipinski definition) is 5. The van der Waals surface area contributed by atoms with Crippen molar-refractivity contribution in [2.75, 3.05) is 26.2 Å². The van der Waals surface area contributed by atoms with Crippen LogP contribution in [0.15, 0.2) is 11.3 Å². The summed E-state index contributed by atoms with van der Waals surface area (Å²) in [6.45, 7) is 9.63. The molecule has 1 aromatic heterocycles. The minimum Gasteiger partial charge on any atom is -0.466 e. The van der Waals surface area contributed by atoms with Crippen molar-refractivity contribution in [3.05, 3.63) is 12.2 Å². The zero-order valence-electron chi connectivity index (χ0n) is 16.5. The molecule has 0 fully saturated rings. The summed E-state index contributed by atoms with van der Waals surface area (Å²) in [5.41, 5.74) is 0. The Bertz CT molecular complexity index is 530. The zero-order valence-corrected chi connectivity index (χ0v) is 16.5. The fourth-order valence-electron chi connectivity index (χ4n) is 2.53. The van der Waals surface area contributed by atoms with Crippen LogP contribution in [-0.2, 0) is 22.5 Å². The highest BCUT2D eigenvalue weighted by molar-refractivity contribution is 5.79. The normalized spacial score (nSPS) is 11.4. The van der Waals surface area contributed by atoms with Gasteiger partial charge in [-0.25, -0.2) is 0 Å². The molecule has 0 aliphatic heterocycles. The molecule has 0 saturated carbocycles. The lowest BCUT2D eigenvalue weighted by atomic mass is 10.1. The average Bonchev–Trinajstić information content (AvgIpc) is 3.08. The van der Waals surface area contributed by atoms with Crippen molar-refractivity contribution in [1.29, 1.82) is 0 Å². The van der Waals surface area contributed by atoms with E-state index in [0.29, 0.717) is 13.0 Å². The summed E-state index contributed by atoms with van der Waals surface area (Å²) in [7, 11) is 0. The van der Waals surface area contributed by atoms with Crippen LogP contribution in [0.1, 0.15) is 58.7 Å². The van der Waals surface area contributed by atoms with E-state index in [0.717, 1.165) is 70.1 Å². The number of unbranched alkanes of at least 4 members (excludes halogenated alkanes) is 3. The van der Waals surface area contributed by atoms with E-state index < -0.39 is 0 Å². The van der Waals surface area contributed by atoms with E-state index in [2.05, 4.69) is 44.2 Å². The maximum atomic E-state index is 11.2. The second kappa shape index (κ2) is 14.1. The van der Waals surface area contributed by atoms with E-state index >= 15 is 0 Å². The quantitative estimate of drug-likeness (QED) is 0.240. The Labute approximate surface area is 156 Å². The number of aryl methyl sites for hydroxylation is 1. The number of nitrogens with zero attached hydrogens (tertiary/aromatic N) is 4. The number of esters is 1. The van der Waals surface area contributed by atoms with E-state index in [1.165, 1.54) is 0 Å². The minimum absolute atomic E-state index is 0.0940. The Hall–Kier alpha value is -2.12. The molecular weight excluding hydrogens is 332 g/mol. The lowest BCUT2D eigenvalue weighted by Crippen LogP contribution is -2.39. The Balaban J connectivity index is 2.19. The largest absolute Gasteiger partial charge is 0.466 e. The number of hydrogen-bond donors (Lipinski definition) is 2. The predicted molar refractivity (Wildman–Crippen MR) is 103 cm³/mol. The van der Waals surface area contributed by atoms with E-state index in [1.807, 2.05) is 6.92 Å². The first-order valence-corrected chi connectivity index (χ1v) is 9.75. The van der Waals surface area contributed by atoms with E-state index in [1.54, 1.807) is 6.33 Å². The number of carbonyl (C=O) groups excluding carboxylic acids is 1. The van der Waals surface area contributed by atoms with Gasteiger partial charge in [-0.05, 0) is 26.7 Å². The van der Waals surface area contributed by atoms with Gasteiger partial charge < -0.3 is 19.9 Å². The Morgan fingerprint density at radius 1 is 1.19 bits per heavy atom. The fourth-order valence-corrected chi connectivity index (χ4v) is 2.53. The third-order valence-corrected chi connectivity index (χ3v) is 3.87. The molecule has 8 heteroatoms. The van der Waals surface area contributed by atoms with Gasteiger partial charge in [0.2, 0.25) is 0 Å². The van der Waals surface area contributed by atoms with Gasteiger partial charge >= 0.3 is 5.97 Å². The predicted octanol–water partition coefficient (Wildman–Crippen LogP) is 1.91. The van der Waals surface area contributed by atoms with E-state index in [9.17, 15) is 4.79 Å². The third-order valence-electron chi connectivity index (χ3n) is 3.87. The van der Waals surface area contributed by atoms with Gasteiger partial charge in [-0.2, -0.15) is 0 Å². The highest BCUT2D eigenvalue weighted by Crippen LogP contribution is 2.04. The van der Waals surface area contributed by atoms with Gasteiger partial charge in [0.05, 0.1) is 6.61 Å². The minimum atomic E-state index is -0.0940. The van der Waals surface area contributed by atoms with Gasteiger partial charge in [-0.1, -0.05) is 19.8 Å². The third kappa shape index (κ3) is 9.39. The van der Waals surface area contributed by atoms with Crippen molar-refractivity contribution in [1.82, 2.24) is 25.4 Å². The monoisotopic (exact) mass is 366 g/mol. The van der Waals surface area contributed by atoms with E-state index in [4.69, 9.17) is 4.74 Å².